The molecule has 2 aromatic carbocycles. The first-order chi connectivity index (χ1) is 18.2. The van der Waals surface area contributed by atoms with Crippen LogP contribution in [0, 0.1) is 0 Å². The lowest BCUT2D eigenvalue weighted by Crippen LogP contribution is -2.47. The lowest BCUT2D eigenvalue weighted by molar-refractivity contribution is -0.124. The molecule has 0 aliphatic carbocycles. The van der Waals surface area contributed by atoms with Gasteiger partial charge in [-0.3, -0.25) is 20.5 Å². The zero-order valence-corrected chi connectivity index (χ0v) is 20.7. The van der Waals surface area contributed by atoms with Gasteiger partial charge < -0.3 is 24.6 Å². The molecule has 1 atom stereocenters. The predicted octanol–water partition coefficient (Wildman–Crippen LogP) is 3.10. The molecule has 1 aliphatic heterocycles. The number of nitrogens with zero attached hydrogens (tertiary/aromatic N) is 3. The van der Waals surface area contributed by atoms with Crippen LogP contribution in [0.25, 0.3) is 10.9 Å². The third kappa shape index (κ3) is 5.53. The Kier molecular flexibility index (Phi) is 7.50. The van der Waals surface area contributed by atoms with Gasteiger partial charge in [-0.2, -0.15) is 4.98 Å². The van der Waals surface area contributed by atoms with Crippen LogP contribution in [0.4, 0.5) is 25.3 Å². The van der Waals surface area contributed by atoms with Gasteiger partial charge in [0.1, 0.15) is 28.8 Å². The summed E-state index contributed by atoms with van der Waals surface area (Å²) >= 11 is 0. The molecule has 1 aliphatic rings. The zero-order chi connectivity index (χ0) is 27.4. The number of carbonyl (C=O) groups excluding carboxylic acids is 1. The number of fused-ring (bicyclic) bond motifs is 1. The van der Waals surface area contributed by atoms with Gasteiger partial charge in [0.05, 0.1) is 27.9 Å². The van der Waals surface area contributed by atoms with Crippen LogP contribution in [0.2, 0.25) is 0 Å². The van der Waals surface area contributed by atoms with Crippen molar-refractivity contribution in [2.45, 2.75) is 24.9 Å². The largest absolute Gasteiger partial charge is 0.497 e. The number of nitrogens with one attached hydrogen (secondary N) is 3. The number of hydrogen-bond acceptors (Lipinski definition) is 9. The molecule has 1 fully saturated rings. The van der Waals surface area contributed by atoms with E-state index >= 15 is 0 Å². The molecule has 1 aromatic heterocycles. The first kappa shape index (κ1) is 26.4. The van der Waals surface area contributed by atoms with Crippen LogP contribution >= 0.6 is 0 Å². The van der Waals surface area contributed by atoms with Crippen molar-refractivity contribution >= 4 is 34.7 Å². The molecule has 4 N–H and O–H groups in total. The van der Waals surface area contributed by atoms with Crippen LogP contribution < -0.4 is 30.4 Å². The Morgan fingerprint density at radius 1 is 1.11 bits per heavy atom. The minimum atomic E-state index is -3.31. The molecule has 2 heterocycles. The number of para-hydroxylation sites is 1. The fourth-order valence-corrected chi connectivity index (χ4v) is 4.09. The highest BCUT2D eigenvalue weighted by Gasteiger charge is 2.50. The molecule has 12 nitrogen and oxygen atoms in total. The molecule has 0 saturated carbocycles. The van der Waals surface area contributed by atoms with E-state index in [9.17, 15) is 23.5 Å². The number of amides is 2. The Balaban J connectivity index is 1.59. The van der Waals surface area contributed by atoms with Crippen molar-refractivity contribution in [3.05, 3.63) is 42.0 Å². The molecule has 3 aromatic rings. The number of likely N-dealkylation sites (tertiary alicyclic amines) is 1. The highest BCUT2D eigenvalue weighted by atomic mass is 19.3. The quantitative estimate of drug-likeness (QED) is 0.303. The standard InChI is InChI=1S/C24H26F2N6O6/c1-36-14-8-7-13(18(9-14)38-3)11-27-22-28-19-15(5-4-6-17(19)37-2)20(29-22)30-31-21(33)16-10-24(25,26)12-32(16)23(34)35/h4-9,16H,10-12H2,1-3H3,(H,31,33)(H,34,35)(H2,27,28,29,30). The number of ether oxygens (including phenoxy) is 3. The Hall–Kier alpha value is -4.62. The van der Waals surface area contributed by atoms with Crippen molar-refractivity contribution in [3.8, 4) is 17.2 Å². The molecule has 4 rings (SSSR count). The second-order valence-corrected chi connectivity index (χ2v) is 8.38. The number of carbonyl (C=O) groups is 2. The van der Waals surface area contributed by atoms with E-state index in [1.807, 2.05) is 6.07 Å². The zero-order valence-electron chi connectivity index (χ0n) is 20.7. The SMILES string of the molecule is COc1ccc(CNc2nc(NNC(=O)C3CC(F)(F)CN3C(=O)O)c3cccc(OC)c3n2)c(OC)c1. The van der Waals surface area contributed by atoms with Crippen LogP contribution in [0.5, 0.6) is 17.2 Å². The number of anilines is 2. The molecule has 202 valence electrons. The molecule has 14 heteroatoms. The first-order valence-electron chi connectivity index (χ1n) is 11.4. The third-order valence-corrected chi connectivity index (χ3v) is 5.96. The number of hydrazine groups is 1. The summed E-state index contributed by atoms with van der Waals surface area (Å²) in [5.74, 6) is -2.32. The Bertz CT molecular complexity index is 1360. The van der Waals surface area contributed by atoms with Crippen LogP contribution in [0.1, 0.15) is 12.0 Å². The second kappa shape index (κ2) is 10.8. The highest BCUT2D eigenvalue weighted by molar-refractivity contribution is 5.95. The van der Waals surface area contributed by atoms with Crippen LogP contribution in [-0.4, -0.2) is 71.8 Å². The van der Waals surface area contributed by atoms with E-state index in [0.717, 1.165) is 5.56 Å². The van der Waals surface area contributed by atoms with E-state index in [1.165, 1.54) is 14.2 Å². The molecule has 1 unspecified atom stereocenters. The fourth-order valence-electron chi connectivity index (χ4n) is 4.09. The van der Waals surface area contributed by atoms with Crippen molar-refractivity contribution in [3.63, 3.8) is 0 Å². The van der Waals surface area contributed by atoms with E-state index in [4.69, 9.17) is 14.2 Å². The summed E-state index contributed by atoms with van der Waals surface area (Å²) in [5.41, 5.74) is 6.13. The molecule has 38 heavy (non-hydrogen) atoms. The van der Waals surface area contributed by atoms with Crippen molar-refractivity contribution in [2.24, 2.45) is 0 Å². The number of benzene rings is 2. The van der Waals surface area contributed by atoms with E-state index in [-0.39, 0.29) is 18.3 Å². The number of hydrogen-bond donors (Lipinski definition) is 4. The number of methoxy groups -OCH3 is 3. The third-order valence-electron chi connectivity index (χ3n) is 5.96. The van der Waals surface area contributed by atoms with Gasteiger partial charge in [0.2, 0.25) is 5.95 Å². The van der Waals surface area contributed by atoms with Crippen molar-refractivity contribution in [1.82, 2.24) is 20.3 Å². The van der Waals surface area contributed by atoms with Crippen LogP contribution in [-0.2, 0) is 11.3 Å². The van der Waals surface area contributed by atoms with E-state index in [0.29, 0.717) is 33.1 Å². The van der Waals surface area contributed by atoms with E-state index in [2.05, 4.69) is 26.1 Å². The van der Waals surface area contributed by atoms with Gasteiger partial charge >= 0.3 is 6.09 Å². The average Bonchev–Trinajstić information content (AvgIpc) is 3.25. The lowest BCUT2D eigenvalue weighted by atomic mass is 10.2. The van der Waals surface area contributed by atoms with Crippen molar-refractivity contribution in [2.75, 3.05) is 38.6 Å². The van der Waals surface area contributed by atoms with Crippen LogP contribution in [0.15, 0.2) is 36.4 Å². The molecular formula is C24H26F2N6O6. The molecule has 1 saturated heterocycles. The van der Waals surface area contributed by atoms with Gasteiger partial charge in [-0.15, -0.1) is 0 Å². The lowest BCUT2D eigenvalue weighted by Gasteiger charge is -2.20. The van der Waals surface area contributed by atoms with Gasteiger partial charge in [0.25, 0.3) is 11.8 Å². The number of carboxylic acid groups (broad SMARTS) is 1. The van der Waals surface area contributed by atoms with E-state index < -0.39 is 36.9 Å². The summed E-state index contributed by atoms with van der Waals surface area (Å²) in [4.78, 5) is 33.4. The van der Waals surface area contributed by atoms with Gasteiger partial charge in [-0.25, -0.2) is 18.6 Å². The maximum atomic E-state index is 13.8. The summed E-state index contributed by atoms with van der Waals surface area (Å²) in [7, 11) is 4.56. The Morgan fingerprint density at radius 2 is 1.87 bits per heavy atom. The van der Waals surface area contributed by atoms with E-state index in [1.54, 1.807) is 37.4 Å². The maximum absolute atomic E-state index is 13.8. The predicted molar refractivity (Wildman–Crippen MR) is 133 cm³/mol. The number of rotatable bonds is 9. The Labute approximate surface area is 215 Å². The molecule has 0 bridgehead atoms. The number of aromatic nitrogens is 2. The molecule has 2 amide bonds. The second-order valence-electron chi connectivity index (χ2n) is 8.38. The average molecular weight is 533 g/mol. The smallest absolute Gasteiger partial charge is 0.408 e. The summed E-state index contributed by atoms with van der Waals surface area (Å²) in [5, 5.41) is 12.8. The summed E-state index contributed by atoms with van der Waals surface area (Å²) in [6.45, 7) is -0.790. The topological polar surface area (TPSA) is 147 Å². The number of alkyl halides is 2. The minimum absolute atomic E-state index is 0.137. The summed E-state index contributed by atoms with van der Waals surface area (Å²) < 4.78 is 43.7. The van der Waals surface area contributed by atoms with Crippen molar-refractivity contribution in [1.29, 1.82) is 0 Å². The maximum Gasteiger partial charge on any atom is 0.408 e. The monoisotopic (exact) mass is 532 g/mol. The normalized spacial score (nSPS) is 16.1. The number of halogens is 2. The van der Waals surface area contributed by atoms with Crippen LogP contribution in [0.3, 0.4) is 0 Å². The Morgan fingerprint density at radius 3 is 2.55 bits per heavy atom. The molecule has 0 radical (unpaired) electrons. The fraction of sp³-hybridized carbons (Fsp3) is 0.333. The summed E-state index contributed by atoms with van der Waals surface area (Å²) in [6, 6.07) is 8.82. The van der Waals surface area contributed by atoms with Crippen molar-refractivity contribution < 1.29 is 37.7 Å². The minimum Gasteiger partial charge on any atom is -0.497 e. The van der Waals surface area contributed by atoms with Gasteiger partial charge in [-0.05, 0) is 24.3 Å². The first-order valence-corrected chi connectivity index (χ1v) is 11.4. The summed E-state index contributed by atoms with van der Waals surface area (Å²) in [6.07, 6.45) is -2.54. The highest BCUT2D eigenvalue weighted by Crippen LogP contribution is 2.33. The molecule has 0 spiro atoms. The molecular weight excluding hydrogens is 506 g/mol. The van der Waals surface area contributed by atoms with Gasteiger partial charge in [0.15, 0.2) is 5.82 Å². The van der Waals surface area contributed by atoms with Gasteiger partial charge in [0, 0.05) is 30.0 Å². The van der Waals surface area contributed by atoms with Gasteiger partial charge in [-0.1, -0.05) is 6.07 Å².